The number of carbonyl (C=O) groups excluding carboxylic acids is 2. The Balaban J connectivity index is 3.72. The molecule has 23 heavy (non-hydrogen) atoms. The highest BCUT2D eigenvalue weighted by atomic mass is 16.6. The van der Waals surface area contributed by atoms with Crippen molar-refractivity contribution >= 4 is 12.1 Å². The van der Waals surface area contributed by atoms with E-state index in [0.29, 0.717) is 6.61 Å². The first-order valence-corrected chi connectivity index (χ1v) is 8.54. The normalized spacial score (nSPS) is 11.4. The van der Waals surface area contributed by atoms with Crippen molar-refractivity contribution in [3.63, 3.8) is 0 Å². The summed E-state index contributed by atoms with van der Waals surface area (Å²) in [5, 5.41) is 0. The van der Waals surface area contributed by atoms with Crippen molar-refractivity contribution in [3.05, 3.63) is 0 Å². The minimum absolute atomic E-state index is 0.108. The van der Waals surface area contributed by atoms with Crippen LogP contribution in [0.1, 0.15) is 65.2 Å². The van der Waals surface area contributed by atoms with Gasteiger partial charge in [-0.2, -0.15) is 0 Å². The second-order valence-electron chi connectivity index (χ2n) is 5.69. The number of ether oxygens (including phenoxy) is 2. The molecule has 0 aromatic rings. The van der Waals surface area contributed by atoms with Gasteiger partial charge in [0, 0.05) is 7.05 Å². The Morgan fingerprint density at radius 1 is 1.04 bits per heavy atom. The van der Waals surface area contributed by atoms with Gasteiger partial charge in [-0.1, -0.05) is 57.8 Å². The Bertz CT molecular complexity index is 376. The van der Waals surface area contributed by atoms with E-state index in [9.17, 15) is 9.59 Å². The zero-order valence-electron chi connectivity index (χ0n) is 14.8. The highest BCUT2D eigenvalue weighted by molar-refractivity contribution is 5.80. The summed E-state index contributed by atoms with van der Waals surface area (Å²) in [5.41, 5.74) is 0. The minimum Gasteiger partial charge on any atom is -0.464 e. The fourth-order valence-electron chi connectivity index (χ4n) is 2.05. The molecule has 0 rings (SSSR count). The summed E-state index contributed by atoms with van der Waals surface area (Å²) < 4.78 is 9.96. The van der Waals surface area contributed by atoms with Crippen LogP contribution < -0.4 is 0 Å². The number of hydrogen-bond donors (Lipinski definition) is 0. The summed E-state index contributed by atoms with van der Waals surface area (Å²) in [6, 6.07) is -0.686. The Morgan fingerprint density at radius 3 is 2.17 bits per heavy atom. The molecule has 5 heteroatoms. The predicted octanol–water partition coefficient (Wildman–Crippen LogP) is 3.76. The summed E-state index contributed by atoms with van der Waals surface area (Å²) in [6.45, 7) is 4.10. The molecular weight excluding hydrogens is 294 g/mol. The number of unbranched alkanes of at least 4 members (excludes halogenated alkanes) is 7. The number of rotatable bonds is 12. The molecule has 1 amide bonds. The summed E-state index contributed by atoms with van der Waals surface area (Å²) in [4.78, 5) is 24.6. The second-order valence-corrected chi connectivity index (χ2v) is 5.69. The van der Waals surface area contributed by atoms with Gasteiger partial charge in [-0.15, -0.1) is 6.42 Å². The number of terminal acetylenes is 1. The maximum Gasteiger partial charge on any atom is 0.411 e. The highest BCUT2D eigenvalue weighted by Crippen LogP contribution is 2.09. The van der Waals surface area contributed by atoms with Crippen LogP contribution in [-0.2, 0) is 14.3 Å². The van der Waals surface area contributed by atoms with E-state index in [-0.39, 0.29) is 6.61 Å². The van der Waals surface area contributed by atoms with Crippen LogP contribution in [0.25, 0.3) is 0 Å². The summed E-state index contributed by atoms with van der Waals surface area (Å²) in [6.07, 6.45) is 13.9. The molecule has 0 heterocycles. The third-order valence-electron chi connectivity index (χ3n) is 3.73. The van der Waals surface area contributed by atoms with Crippen LogP contribution in [0.4, 0.5) is 4.79 Å². The molecule has 0 saturated heterocycles. The van der Waals surface area contributed by atoms with Gasteiger partial charge in [0.2, 0.25) is 0 Å². The topological polar surface area (TPSA) is 55.8 Å². The molecule has 0 aliphatic heterocycles. The van der Waals surface area contributed by atoms with Crippen molar-refractivity contribution in [1.82, 2.24) is 4.90 Å². The summed E-state index contributed by atoms with van der Waals surface area (Å²) in [5.74, 6) is 1.78. The molecule has 1 atom stereocenters. The van der Waals surface area contributed by atoms with E-state index in [4.69, 9.17) is 15.9 Å². The molecule has 1 unspecified atom stereocenters. The average Bonchev–Trinajstić information content (AvgIpc) is 2.56. The Labute approximate surface area is 140 Å². The maximum absolute atomic E-state index is 11.9. The molecule has 0 fully saturated rings. The lowest BCUT2D eigenvalue weighted by Gasteiger charge is -2.22. The van der Waals surface area contributed by atoms with Gasteiger partial charge >= 0.3 is 12.1 Å². The van der Waals surface area contributed by atoms with Crippen molar-refractivity contribution in [2.24, 2.45) is 0 Å². The number of nitrogens with zero attached hydrogens (tertiary/aromatic N) is 1. The lowest BCUT2D eigenvalue weighted by Crippen LogP contribution is -2.41. The number of esters is 1. The molecule has 0 radical (unpaired) electrons. The molecule has 0 aliphatic carbocycles. The monoisotopic (exact) mass is 325 g/mol. The smallest absolute Gasteiger partial charge is 0.411 e. The summed E-state index contributed by atoms with van der Waals surface area (Å²) >= 11 is 0. The molecular formula is C18H31NO4. The number of amides is 1. The first-order valence-electron chi connectivity index (χ1n) is 8.54. The zero-order valence-corrected chi connectivity index (χ0v) is 14.8. The number of likely N-dealkylation sites (N-methyl/N-ethyl adjacent to an activating group) is 1. The van der Waals surface area contributed by atoms with Crippen molar-refractivity contribution in [1.29, 1.82) is 0 Å². The Hall–Kier alpha value is -1.70. The van der Waals surface area contributed by atoms with Crippen LogP contribution in [0.3, 0.4) is 0 Å². The maximum atomic E-state index is 11.9. The molecule has 5 nitrogen and oxygen atoms in total. The molecule has 132 valence electrons. The highest BCUT2D eigenvalue weighted by Gasteiger charge is 2.24. The van der Waals surface area contributed by atoms with E-state index in [1.54, 1.807) is 6.92 Å². The minimum atomic E-state index is -0.686. The van der Waals surface area contributed by atoms with Crippen molar-refractivity contribution in [2.75, 3.05) is 20.3 Å². The lowest BCUT2D eigenvalue weighted by atomic mass is 10.1. The largest absolute Gasteiger partial charge is 0.464 e. The standard InChI is InChI=1S/C18H31NO4/c1-5-7-8-9-10-11-12-13-15-22-17(20)16(3)19(4)18(21)23-14-6-2/h2,16H,5,7-15H2,1,3-4H3. The zero-order chi connectivity index (χ0) is 17.5. The Kier molecular flexibility index (Phi) is 12.9. The van der Waals surface area contributed by atoms with Crippen molar-refractivity contribution in [3.8, 4) is 12.3 Å². The first kappa shape index (κ1) is 21.3. The molecule has 0 saturated carbocycles. The molecule has 0 aromatic heterocycles. The van der Waals surface area contributed by atoms with E-state index < -0.39 is 18.1 Å². The second kappa shape index (κ2) is 13.9. The van der Waals surface area contributed by atoms with E-state index in [1.165, 1.54) is 50.5 Å². The fraction of sp³-hybridized carbons (Fsp3) is 0.778. The van der Waals surface area contributed by atoms with Crippen LogP contribution in [0, 0.1) is 12.3 Å². The molecule has 0 spiro atoms. The van der Waals surface area contributed by atoms with E-state index in [1.807, 2.05) is 0 Å². The van der Waals surface area contributed by atoms with Crippen LogP contribution in [0.2, 0.25) is 0 Å². The van der Waals surface area contributed by atoms with Gasteiger partial charge in [0.25, 0.3) is 0 Å². The fourth-order valence-corrected chi connectivity index (χ4v) is 2.05. The lowest BCUT2D eigenvalue weighted by molar-refractivity contribution is -0.148. The molecule has 0 aliphatic rings. The number of carbonyl (C=O) groups is 2. The van der Waals surface area contributed by atoms with E-state index in [2.05, 4.69) is 12.8 Å². The SMILES string of the molecule is C#CCOC(=O)N(C)C(C)C(=O)OCCCCCCCCCC. The van der Waals surface area contributed by atoms with E-state index in [0.717, 1.165) is 12.8 Å². The van der Waals surface area contributed by atoms with Gasteiger partial charge in [0.05, 0.1) is 6.61 Å². The number of hydrogen-bond acceptors (Lipinski definition) is 4. The van der Waals surface area contributed by atoms with Crippen LogP contribution >= 0.6 is 0 Å². The quantitative estimate of drug-likeness (QED) is 0.311. The van der Waals surface area contributed by atoms with Crippen LogP contribution in [0.15, 0.2) is 0 Å². The predicted molar refractivity (Wildman–Crippen MR) is 91.0 cm³/mol. The van der Waals surface area contributed by atoms with Crippen LogP contribution in [0.5, 0.6) is 0 Å². The average molecular weight is 325 g/mol. The third-order valence-corrected chi connectivity index (χ3v) is 3.73. The van der Waals surface area contributed by atoms with Crippen molar-refractivity contribution in [2.45, 2.75) is 71.3 Å². The van der Waals surface area contributed by atoms with Gasteiger partial charge in [-0.25, -0.2) is 9.59 Å². The molecule has 0 N–H and O–H groups in total. The first-order chi connectivity index (χ1) is 11.0. The molecule has 0 aromatic carbocycles. The van der Waals surface area contributed by atoms with Gasteiger partial charge in [0.1, 0.15) is 6.04 Å². The molecule has 0 bridgehead atoms. The van der Waals surface area contributed by atoms with Crippen molar-refractivity contribution < 1.29 is 19.1 Å². The van der Waals surface area contributed by atoms with Gasteiger partial charge in [0.15, 0.2) is 6.61 Å². The Morgan fingerprint density at radius 2 is 1.61 bits per heavy atom. The van der Waals surface area contributed by atoms with Gasteiger partial charge < -0.3 is 9.47 Å². The third kappa shape index (κ3) is 10.6. The van der Waals surface area contributed by atoms with Gasteiger partial charge in [-0.3, -0.25) is 4.90 Å². The summed E-state index contributed by atoms with van der Waals surface area (Å²) in [7, 11) is 1.49. The van der Waals surface area contributed by atoms with E-state index >= 15 is 0 Å². The van der Waals surface area contributed by atoms with Gasteiger partial charge in [-0.05, 0) is 13.3 Å². The van der Waals surface area contributed by atoms with Crippen LogP contribution in [-0.4, -0.2) is 43.3 Å².